The van der Waals surface area contributed by atoms with Crippen molar-refractivity contribution in [2.24, 2.45) is 5.73 Å². The second-order valence-electron chi connectivity index (χ2n) is 9.12. The van der Waals surface area contributed by atoms with Crippen molar-refractivity contribution in [3.05, 3.63) is 81.9 Å². The third kappa shape index (κ3) is 7.66. The molecular weight excluding hydrogens is 571 g/mol. The molecule has 11 nitrogen and oxygen atoms in total. The zero-order chi connectivity index (χ0) is 29.5. The van der Waals surface area contributed by atoms with Gasteiger partial charge in [-0.1, -0.05) is 35.3 Å². The summed E-state index contributed by atoms with van der Waals surface area (Å²) < 4.78 is 5.92. The van der Waals surface area contributed by atoms with Crippen LogP contribution in [0.4, 0.5) is 22.9 Å². The minimum atomic E-state index is -1.09. The number of hydrogen-bond acceptors (Lipinski definition) is 9. The van der Waals surface area contributed by atoms with Gasteiger partial charge in [0.15, 0.2) is 11.6 Å². The molecule has 0 spiro atoms. The Hall–Kier alpha value is -4.32. The van der Waals surface area contributed by atoms with Gasteiger partial charge in [-0.2, -0.15) is 0 Å². The van der Waals surface area contributed by atoms with Crippen LogP contribution in [-0.2, 0) is 11.3 Å². The fourth-order valence-corrected chi connectivity index (χ4v) is 4.41. The summed E-state index contributed by atoms with van der Waals surface area (Å²) >= 11 is 12.4. The van der Waals surface area contributed by atoms with E-state index >= 15 is 0 Å². The summed E-state index contributed by atoms with van der Waals surface area (Å²) in [5, 5.41) is 29.4. The maximum Gasteiger partial charge on any atom is 0.337 e. The molecule has 0 saturated heterocycles. The summed E-state index contributed by atoms with van der Waals surface area (Å²) in [5.41, 5.74) is 8.50. The highest BCUT2D eigenvalue weighted by Gasteiger charge is 2.18. The molecule has 2 aromatic carbocycles. The van der Waals surface area contributed by atoms with E-state index in [0.29, 0.717) is 68.8 Å². The Bertz CT molecular complexity index is 1560. The Morgan fingerprint density at radius 2 is 1.85 bits per heavy atom. The number of oxazole rings is 1. The molecule has 41 heavy (non-hydrogen) atoms. The summed E-state index contributed by atoms with van der Waals surface area (Å²) in [6, 6.07) is 12.4. The number of aliphatic carboxylic acids is 1. The number of hydrogen-bond donors (Lipinski definition) is 6. The number of anilines is 4. The van der Waals surface area contributed by atoms with E-state index in [-0.39, 0.29) is 18.5 Å². The molecule has 0 aliphatic carbocycles. The molecule has 0 aliphatic heterocycles. The number of halogens is 2. The summed E-state index contributed by atoms with van der Waals surface area (Å²) in [7, 11) is 0. The Labute approximate surface area is 245 Å². The van der Waals surface area contributed by atoms with Crippen LogP contribution in [0.1, 0.15) is 34.8 Å². The summed E-state index contributed by atoms with van der Waals surface area (Å²) in [4.78, 5) is 31.8. The first-order chi connectivity index (χ1) is 19.6. The number of aromatic nitrogens is 2. The number of carbonyl (C=O) groups is 2. The third-order valence-electron chi connectivity index (χ3n) is 6.05. The van der Waals surface area contributed by atoms with Crippen molar-refractivity contribution in [3.63, 3.8) is 0 Å². The van der Waals surface area contributed by atoms with Crippen LogP contribution in [-0.4, -0.2) is 44.7 Å². The molecule has 4 rings (SSSR count). The molecule has 13 heteroatoms. The Balaban J connectivity index is 1.61. The van der Waals surface area contributed by atoms with E-state index in [1.165, 1.54) is 6.07 Å². The van der Waals surface area contributed by atoms with E-state index in [9.17, 15) is 14.7 Å². The Kier molecular flexibility index (Phi) is 9.66. The lowest BCUT2D eigenvalue weighted by atomic mass is 10.1. The summed E-state index contributed by atoms with van der Waals surface area (Å²) in [6.45, 7) is 2.39. The molecule has 0 aliphatic rings. The van der Waals surface area contributed by atoms with Crippen LogP contribution < -0.4 is 21.7 Å². The van der Waals surface area contributed by atoms with Crippen LogP contribution in [0.3, 0.4) is 0 Å². The SMILES string of the molecule is Cc1cc(NCCCC(N)C(=O)O)c(NCc2ncc(-c3cc(Cl)ccc3Cl)o2)c(Nc2ccccc2C(=O)O)n1. The molecule has 214 valence electrons. The second kappa shape index (κ2) is 13.4. The average Bonchev–Trinajstić information content (AvgIpc) is 3.40. The molecule has 4 aromatic rings. The molecular formula is C28H28Cl2N6O5. The molecule has 1 atom stereocenters. The highest BCUT2D eigenvalue weighted by molar-refractivity contribution is 6.35. The van der Waals surface area contributed by atoms with Crippen molar-refractivity contribution in [1.29, 1.82) is 0 Å². The zero-order valence-electron chi connectivity index (χ0n) is 21.9. The number of para-hydroxylation sites is 1. The number of pyridine rings is 1. The predicted octanol–water partition coefficient (Wildman–Crippen LogP) is 6.01. The maximum atomic E-state index is 11.8. The quantitative estimate of drug-likeness (QED) is 0.0993. The summed E-state index contributed by atoms with van der Waals surface area (Å²) in [6.07, 6.45) is 2.34. The van der Waals surface area contributed by atoms with Gasteiger partial charge in [-0.3, -0.25) is 4.79 Å². The number of nitrogens with two attached hydrogens (primary N) is 1. The van der Waals surface area contributed by atoms with Gasteiger partial charge in [0.1, 0.15) is 11.7 Å². The standard InChI is InChI=1S/C28H28Cl2N6O5/c1-15-11-22(32-10-4-6-20(31)28(39)40)25(26(35-15)36-21-7-3-2-5-17(21)27(37)38)34-14-24-33-13-23(41-24)18-12-16(29)8-9-19(18)30/h2-3,5,7-9,11-13,20,34H,4,6,10,14,31H2,1H3,(H,37,38)(H,39,40)(H2,32,35,36). The smallest absolute Gasteiger partial charge is 0.337 e. The van der Waals surface area contributed by atoms with Crippen LogP contribution in [0.25, 0.3) is 11.3 Å². The molecule has 0 saturated carbocycles. The van der Waals surface area contributed by atoms with E-state index in [2.05, 4.69) is 25.9 Å². The molecule has 7 N–H and O–H groups in total. The van der Waals surface area contributed by atoms with Crippen molar-refractivity contribution < 1.29 is 24.2 Å². The van der Waals surface area contributed by atoms with Crippen molar-refractivity contribution in [3.8, 4) is 11.3 Å². The number of benzene rings is 2. The fraction of sp³-hybridized carbons (Fsp3) is 0.214. The average molecular weight is 599 g/mol. The van der Waals surface area contributed by atoms with E-state index in [4.69, 9.17) is 38.5 Å². The van der Waals surface area contributed by atoms with Crippen LogP contribution in [0.5, 0.6) is 0 Å². The Morgan fingerprint density at radius 1 is 1.07 bits per heavy atom. The minimum Gasteiger partial charge on any atom is -0.480 e. The van der Waals surface area contributed by atoms with Crippen LogP contribution in [0.15, 0.2) is 59.1 Å². The molecule has 1 unspecified atom stereocenters. The maximum absolute atomic E-state index is 11.8. The molecule has 2 aromatic heterocycles. The number of nitrogens with one attached hydrogen (secondary N) is 3. The normalized spacial score (nSPS) is 11.6. The van der Waals surface area contributed by atoms with Crippen LogP contribution in [0, 0.1) is 6.92 Å². The van der Waals surface area contributed by atoms with Gasteiger partial charge < -0.3 is 36.3 Å². The summed E-state index contributed by atoms with van der Waals surface area (Å²) in [5.74, 6) is -0.978. The third-order valence-corrected chi connectivity index (χ3v) is 6.61. The molecule has 0 bridgehead atoms. The van der Waals surface area contributed by atoms with E-state index in [1.807, 2.05) is 6.07 Å². The van der Waals surface area contributed by atoms with Gasteiger partial charge >= 0.3 is 11.9 Å². The van der Waals surface area contributed by atoms with Crippen LogP contribution >= 0.6 is 23.2 Å². The lowest BCUT2D eigenvalue weighted by Crippen LogP contribution is -2.30. The first-order valence-electron chi connectivity index (χ1n) is 12.6. The van der Waals surface area contributed by atoms with E-state index in [1.54, 1.807) is 49.5 Å². The zero-order valence-corrected chi connectivity index (χ0v) is 23.5. The molecule has 2 heterocycles. The van der Waals surface area contributed by atoms with Gasteiger partial charge in [-0.05, 0) is 56.2 Å². The van der Waals surface area contributed by atoms with Crippen molar-refractivity contribution >= 4 is 58.0 Å². The largest absolute Gasteiger partial charge is 0.480 e. The predicted molar refractivity (Wildman–Crippen MR) is 158 cm³/mol. The number of rotatable bonds is 13. The van der Waals surface area contributed by atoms with Gasteiger partial charge in [0, 0.05) is 22.8 Å². The monoisotopic (exact) mass is 598 g/mol. The van der Waals surface area contributed by atoms with Gasteiger partial charge in [0.25, 0.3) is 0 Å². The van der Waals surface area contributed by atoms with E-state index in [0.717, 1.165) is 0 Å². The van der Waals surface area contributed by atoms with Gasteiger partial charge in [-0.25, -0.2) is 14.8 Å². The molecule has 0 radical (unpaired) electrons. The van der Waals surface area contributed by atoms with Crippen molar-refractivity contribution in [1.82, 2.24) is 9.97 Å². The number of nitrogens with zero attached hydrogens (tertiary/aromatic N) is 2. The molecule has 0 fully saturated rings. The first kappa shape index (κ1) is 29.7. The van der Waals surface area contributed by atoms with Crippen LogP contribution in [0.2, 0.25) is 10.0 Å². The number of carboxylic acids is 2. The van der Waals surface area contributed by atoms with E-state index < -0.39 is 18.0 Å². The Morgan fingerprint density at radius 3 is 2.61 bits per heavy atom. The van der Waals surface area contributed by atoms with Gasteiger partial charge in [0.2, 0.25) is 5.89 Å². The lowest BCUT2D eigenvalue weighted by Gasteiger charge is -2.19. The molecule has 0 amide bonds. The fourth-order valence-electron chi connectivity index (χ4n) is 4.02. The van der Waals surface area contributed by atoms with Crippen molar-refractivity contribution in [2.45, 2.75) is 32.4 Å². The van der Waals surface area contributed by atoms with Gasteiger partial charge in [0.05, 0.1) is 34.7 Å². The van der Waals surface area contributed by atoms with Crippen molar-refractivity contribution in [2.75, 3.05) is 22.5 Å². The van der Waals surface area contributed by atoms with Gasteiger partial charge in [-0.15, -0.1) is 0 Å². The topological polar surface area (TPSA) is 176 Å². The lowest BCUT2D eigenvalue weighted by molar-refractivity contribution is -0.138. The number of carboxylic acid groups (broad SMARTS) is 2. The minimum absolute atomic E-state index is 0.0784. The number of aromatic carboxylic acids is 1. The highest BCUT2D eigenvalue weighted by Crippen LogP contribution is 2.35. The second-order valence-corrected chi connectivity index (χ2v) is 9.96. The first-order valence-corrected chi connectivity index (χ1v) is 13.3. The number of aryl methyl sites for hydroxylation is 1. The highest BCUT2D eigenvalue weighted by atomic mass is 35.5.